The van der Waals surface area contributed by atoms with Crippen LogP contribution in [-0.2, 0) is 26.1 Å². The second-order valence-electron chi connectivity index (χ2n) is 12.3. The number of anilines is 1. The molecule has 0 radical (unpaired) electrons. The zero-order valence-corrected chi connectivity index (χ0v) is 27.6. The number of ether oxygens (including phenoxy) is 2. The van der Waals surface area contributed by atoms with Crippen molar-refractivity contribution >= 4 is 23.6 Å². The summed E-state index contributed by atoms with van der Waals surface area (Å²) >= 11 is 0. The van der Waals surface area contributed by atoms with Crippen molar-refractivity contribution < 1.29 is 29.0 Å². The van der Waals surface area contributed by atoms with Gasteiger partial charge in [-0.15, -0.1) is 0 Å². The van der Waals surface area contributed by atoms with Gasteiger partial charge in [-0.3, -0.25) is 14.3 Å². The Balaban J connectivity index is 1.30. The first-order chi connectivity index (χ1) is 23.4. The van der Waals surface area contributed by atoms with Gasteiger partial charge in [0.15, 0.2) is 0 Å². The fraction of sp³-hybridized carbons (Fsp3) is 0.270. The highest BCUT2D eigenvalue weighted by atomic mass is 16.6. The number of nitrogens with zero attached hydrogens (tertiary/aromatic N) is 4. The van der Waals surface area contributed by atoms with Crippen LogP contribution in [0.4, 0.5) is 10.5 Å². The van der Waals surface area contributed by atoms with Crippen molar-refractivity contribution in [3.05, 3.63) is 101 Å². The number of aromatic hydroxyl groups is 1. The largest absolute Gasteiger partial charge is 0.507 e. The van der Waals surface area contributed by atoms with Crippen LogP contribution in [-0.4, -0.2) is 69.1 Å². The fourth-order valence-corrected chi connectivity index (χ4v) is 5.19. The third-order valence-electron chi connectivity index (χ3n) is 7.46. The summed E-state index contributed by atoms with van der Waals surface area (Å²) in [6.45, 7) is 5.56. The number of benzene rings is 3. The molecule has 0 saturated carbocycles. The normalized spacial score (nSPS) is 14.8. The van der Waals surface area contributed by atoms with Crippen molar-refractivity contribution in [3.8, 4) is 34.9 Å². The summed E-state index contributed by atoms with van der Waals surface area (Å²) in [6, 6.07) is 20.2. The van der Waals surface area contributed by atoms with E-state index in [2.05, 4.69) is 33.6 Å². The number of nitrogens with one attached hydrogen (secondary N) is 2. The number of aromatic nitrogens is 2. The van der Waals surface area contributed by atoms with Crippen LogP contribution in [0.2, 0.25) is 0 Å². The molecule has 2 atom stereocenters. The number of morpholine rings is 1. The maximum Gasteiger partial charge on any atom is 0.408 e. The molecule has 0 bridgehead atoms. The van der Waals surface area contributed by atoms with E-state index in [0.29, 0.717) is 39.2 Å². The minimum atomic E-state index is -1.08. The van der Waals surface area contributed by atoms with Crippen LogP contribution < -0.4 is 10.6 Å². The van der Waals surface area contributed by atoms with Crippen molar-refractivity contribution in [2.75, 3.05) is 25.1 Å². The van der Waals surface area contributed by atoms with Gasteiger partial charge >= 0.3 is 6.09 Å². The predicted molar refractivity (Wildman–Crippen MR) is 181 cm³/mol. The molecule has 4 aromatic rings. The standard InChI is InChI=1S/C37H36N6O6/c1-37(2,3)49-36(47)40-33(26-8-6-5-7-9-26)35(46)43-18-19-48-23-30(43)34(45)39-28-15-11-24(12-16-28)10-14-27-22-42(4)41-32(27)29-20-25(21-38)13-17-31(29)44/h5-9,11-13,15-17,20,22,30,33,44H,18-19,23H2,1-4H3,(H,39,45)(H,40,47)/t30-,33+/m0/s1. The average molecular weight is 661 g/mol. The summed E-state index contributed by atoms with van der Waals surface area (Å²) < 4.78 is 12.6. The molecule has 12 heteroatoms. The lowest BCUT2D eigenvalue weighted by Crippen LogP contribution is -2.57. The SMILES string of the molecule is Cn1cc(C#Cc2ccc(NC(=O)[C@@H]3COCCN3C(=O)[C@H](NC(=O)OC(C)(C)C)c3ccccc3)cc2)c(-c2cc(C#N)ccc2O)n1. The topological polar surface area (TPSA) is 159 Å². The van der Waals surface area contributed by atoms with Gasteiger partial charge in [0, 0.05) is 36.6 Å². The molecular formula is C37H36N6O6. The molecule has 1 aliphatic rings. The van der Waals surface area contributed by atoms with Gasteiger partial charge in [0.25, 0.3) is 5.91 Å². The van der Waals surface area contributed by atoms with Crippen LogP contribution in [0, 0.1) is 23.2 Å². The molecule has 12 nitrogen and oxygen atoms in total. The molecule has 2 heterocycles. The van der Waals surface area contributed by atoms with Crippen molar-refractivity contribution in [1.29, 1.82) is 5.26 Å². The molecule has 1 saturated heterocycles. The first kappa shape index (κ1) is 34.2. The smallest absolute Gasteiger partial charge is 0.408 e. The van der Waals surface area contributed by atoms with Gasteiger partial charge in [-0.05, 0) is 68.8 Å². The molecule has 5 rings (SSSR count). The van der Waals surface area contributed by atoms with E-state index in [1.54, 1.807) is 99.4 Å². The Bertz CT molecular complexity index is 1950. The number of rotatable bonds is 6. The third-order valence-corrected chi connectivity index (χ3v) is 7.46. The summed E-state index contributed by atoms with van der Waals surface area (Å²) in [5, 5.41) is 29.7. The van der Waals surface area contributed by atoms with Crippen LogP contribution in [0.15, 0.2) is 79.0 Å². The van der Waals surface area contributed by atoms with Gasteiger partial charge < -0.3 is 30.1 Å². The van der Waals surface area contributed by atoms with E-state index in [1.807, 2.05) is 0 Å². The van der Waals surface area contributed by atoms with E-state index in [9.17, 15) is 24.8 Å². The monoisotopic (exact) mass is 660 g/mol. The molecule has 3 N–H and O–H groups in total. The number of phenolic OH excluding ortho intramolecular Hbond substituents is 1. The minimum Gasteiger partial charge on any atom is -0.507 e. The first-order valence-corrected chi connectivity index (χ1v) is 15.5. The van der Waals surface area contributed by atoms with Crippen molar-refractivity contribution in [1.82, 2.24) is 20.0 Å². The van der Waals surface area contributed by atoms with Gasteiger partial charge in [-0.25, -0.2) is 4.79 Å². The zero-order valence-electron chi connectivity index (χ0n) is 27.6. The zero-order chi connectivity index (χ0) is 35.1. The summed E-state index contributed by atoms with van der Waals surface area (Å²) in [4.78, 5) is 41.6. The summed E-state index contributed by atoms with van der Waals surface area (Å²) in [6.07, 6.45) is 0.971. The Morgan fingerprint density at radius 1 is 1.04 bits per heavy atom. The molecule has 1 aliphatic heterocycles. The lowest BCUT2D eigenvalue weighted by atomic mass is 10.0. The Morgan fingerprint density at radius 2 is 1.76 bits per heavy atom. The van der Waals surface area contributed by atoms with E-state index >= 15 is 0 Å². The number of carbonyl (C=O) groups is 3. The van der Waals surface area contributed by atoms with Gasteiger partial charge in [0.1, 0.15) is 29.1 Å². The van der Waals surface area contributed by atoms with Crippen molar-refractivity contribution in [3.63, 3.8) is 0 Å². The van der Waals surface area contributed by atoms with Crippen LogP contribution >= 0.6 is 0 Å². The Kier molecular flexibility index (Phi) is 10.3. The third kappa shape index (κ3) is 8.63. The number of hydrogen-bond donors (Lipinski definition) is 3. The quantitative estimate of drug-likeness (QED) is 0.255. The van der Waals surface area contributed by atoms with Crippen LogP contribution in [0.1, 0.15) is 49.1 Å². The Morgan fingerprint density at radius 3 is 2.45 bits per heavy atom. The van der Waals surface area contributed by atoms with Crippen LogP contribution in [0.5, 0.6) is 5.75 Å². The summed E-state index contributed by atoms with van der Waals surface area (Å²) in [5.41, 5.74) is 2.70. The maximum absolute atomic E-state index is 13.9. The molecule has 1 aromatic heterocycles. The van der Waals surface area contributed by atoms with E-state index in [1.165, 1.54) is 17.0 Å². The lowest BCUT2D eigenvalue weighted by Gasteiger charge is -2.37. The van der Waals surface area contributed by atoms with E-state index in [4.69, 9.17) is 9.47 Å². The molecular weight excluding hydrogens is 624 g/mol. The van der Waals surface area contributed by atoms with Crippen molar-refractivity contribution in [2.45, 2.75) is 38.5 Å². The fourth-order valence-electron chi connectivity index (χ4n) is 5.19. The molecule has 3 aromatic carbocycles. The lowest BCUT2D eigenvalue weighted by molar-refractivity contribution is -0.148. The maximum atomic E-state index is 13.9. The van der Waals surface area contributed by atoms with Crippen molar-refractivity contribution in [2.24, 2.45) is 7.05 Å². The molecule has 0 aliphatic carbocycles. The van der Waals surface area contributed by atoms with Gasteiger partial charge in [-0.1, -0.05) is 42.2 Å². The highest BCUT2D eigenvalue weighted by molar-refractivity contribution is 5.98. The first-order valence-electron chi connectivity index (χ1n) is 15.5. The average Bonchev–Trinajstić information content (AvgIpc) is 3.46. The summed E-state index contributed by atoms with van der Waals surface area (Å²) in [5.74, 6) is 5.23. The number of nitriles is 1. The second-order valence-corrected chi connectivity index (χ2v) is 12.3. The van der Waals surface area contributed by atoms with Crippen LogP contribution in [0.3, 0.4) is 0 Å². The second kappa shape index (κ2) is 14.8. The number of phenols is 1. The van der Waals surface area contributed by atoms with Gasteiger partial charge in [0.05, 0.1) is 30.4 Å². The van der Waals surface area contributed by atoms with E-state index in [0.717, 1.165) is 0 Å². The minimum absolute atomic E-state index is 0.0145. The molecule has 0 spiro atoms. The molecule has 49 heavy (non-hydrogen) atoms. The van der Waals surface area contributed by atoms with E-state index < -0.39 is 35.6 Å². The molecule has 1 fully saturated rings. The number of alkyl carbamates (subject to hydrolysis) is 1. The van der Waals surface area contributed by atoms with E-state index in [-0.39, 0.29) is 25.5 Å². The number of hydrogen-bond acceptors (Lipinski definition) is 8. The van der Waals surface area contributed by atoms with Crippen LogP contribution in [0.25, 0.3) is 11.3 Å². The Hall–Kier alpha value is -6.11. The number of amides is 3. The Labute approximate surface area is 284 Å². The number of aryl methyl sites for hydroxylation is 1. The molecule has 250 valence electrons. The van der Waals surface area contributed by atoms with Gasteiger partial charge in [0.2, 0.25) is 5.91 Å². The van der Waals surface area contributed by atoms with Gasteiger partial charge in [-0.2, -0.15) is 10.4 Å². The molecule has 3 amide bonds. The highest BCUT2D eigenvalue weighted by Gasteiger charge is 2.38. The highest BCUT2D eigenvalue weighted by Crippen LogP contribution is 2.31. The molecule has 0 unspecified atom stereocenters. The predicted octanol–water partition coefficient (Wildman–Crippen LogP) is 4.50. The summed E-state index contributed by atoms with van der Waals surface area (Å²) in [7, 11) is 1.74. The number of carbonyl (C=O) groups excluding carboxylic acids is 3.